The topological polar surface area (TPSA) is 111 Å². The fourth-order valence-corrected chi connectivity index (χ4v) is 6.54. The highest BCUT2D eigenvalue weighted by molar-refractivity contribution is 7.91. The van der Waals surface area contributed by atoms with Gasteiger partial charge in [-0.15, -0.1) is 0 Å². The maximum atomic E-state index is 13.7. The van der Waals surface area contributed by atoms with Gasteiger partial charge in [-0.25, -0.2) is 8.42 Å². The molecule has 2 aromatic heterocycles. The Hall–Kier alpha value is -3.04. The van der Waals surface area contributed by atoms with Gasteiger partial charge in [0, 0.05) is 38.1 Å². The summed E-state index contributed by atoms with van der Waals surface area (Å²) in [6, 6.07) is 8.01. The Bertz CT molecular complexity index is 1390. The number of pyridine rings is 1. The van der Waals surface area contributed by atoms with E-state index in [4.69, 9.17) is 4.74 Å². The lowest BCUT2D eigenvalue weighted by Crippen LogP contribution is -2.32. The molecule has 8 nitrogen and oxygen atoms in total. The highest BCUT2D eigenvalue weighted by atomic mass is 32.2. The molecule has 1 N–H and O–H groups in total. The van der Waals surface area contributed by atoms with Crippen LogP contribution in [0.25, 0.3) is 11.1 Å². The third-order valence-electron chi connectivity index (χ3n) is 7.21. The summed E-state index contributed by atoms with van der Waals surface area (Å²) in [5, 5.41) is 11.5. The van der Waals surface area contributed by atoms with Crippen LogP contribution in [0.15, 0.2) is 57.3 Å². The van der Waals surface area contributed by atoms with Crippen molar-refractivity contribution >= 4 is 9.84 Å². The number of sulfone groups is 1. The van der Waals surface area contributed by atoms with Gasteiger partial charge in [0.15, 0.2) is 4.90 Å². The number of nitrogens with zero attached hydrogens (tertiary/aromatic N) is 3. The highest BCUT2D eigenvalue weighted by Gasteiger charge is 2.34. The minimum Gasteiger partial charge on any atom is -0.493 e. The lowest BCUT2D eigenvalue weighted by molar-refractivity contribution is 0.0454. The van der Waals surface area contributed by atoms with Crippen LogP contribution in [0, 0.1) is 12.8 Å². The normalized spacial score (nSPS) is 15.5. The molecule has 198 valence electrons. The molecule has 1 fully saturated rings. The van der Waals surface area contributed by atoms with E-state index in [9.17, 15) is 18.3 Å². The van der Waals surface area contributed by atoms with Crippen LogP contribution in [0.3, 0.4) is 0 Å². The first-order valence-corrected chi connectivity index (χ1v) is 14.5. The van der Waals surface area contributed by atoms with E-state index in [0.29, 0.717) is 31.9 Å². The highest BCUT2D eigenvalue weighted by Crippen LogP contribution is 2.37. The third kappa shape index (κ3) is 5.48. The van der Waals surface area contributed by atoms with E-state index in [0.717, 1.165) is 42.4 Å². The molecule has 1 saturated heterocycles. The minimum atomic E-state index is -4.32. The maximum Gasteiger partial charge on any atom is 0.296 e. The molecular weight excluding hydrogens is 490 g/mol. The molecule has 0 aliphatic carbocycles. The lowest BCUT2D eigenvalue weighted by Gasteiger charge is -2.33. The van der Waals surface area contributed by atoms with Gasteiger partial charge < -0.3 is 9.84 Å². The Kier molecular flexibility index (Phi) is 8.44. The maximum absolute atomic E-state index is 13.7. The van der Waals surface area contributed by atoms with Crippen molar-refractivity contribution in [3.05, 3.63) is 64.5 Å². The van der Waals surface area contributed by atoms with Crippen LogP contribution in [-0.2, 0) is 21.0 Å². The number of aryl methyl sites for hydroxylation is 2. The summed E-state index contributed by atoms with van der Waals surface area (Å²) >= 11 is 0. The molecule has 0 unspecified atom stereocenters. The number of rotatable bonds is 9. The lowest BCUT2D eigenvalue weighted by atomic mass is 9.89. The largest absolute Gasteiger partial charge is 0.493 e. The van der Waals surface area contributed by atoms with Crippen molar-refractivity contribution in [1.29, 1.82) is 0 Å². The van der Waals surface area contributed by atoms with Crippen LogP contribution >= 0.6 is 0 Å². The molecule has 1 atom stereocenters. The molecule has 3 heterocycles. The Morgan fingerprint density at radius 1 is 1.14 bits per heavy atom. The summed E-state index contributed by atoms with van der Waals surface area (Å²) in [5.74, 6) is 0.108. The molecule has 9 heteroatoms. The zero-order chi connectivity index (χ0) is 26.6. The molecule has 0 spiro atoms. The molecule has 0 radical (unpaired) electrons. The monoisotopic (exact) mass is 525 g/mol. The zero-order valence-electron chi connectivity index (χ0n) is 21.7. The second kappa shape index (κ2) is 11.6. The summed E-state index contributed by atoms with van der Waals surface area (Å²) in [6.45, 7) is 7.22. The number of hydrogen-bond donors (Lipinski definition) is 1. The van der Waals surface area contributed by atoms with Gasteiger partial charge in [0.05, 0.1) is 4.90 Å². The van der Waals surface area contributed by atoms with Crippen molar-refractivity contribution < 1.29 is 18.3 Å². The number of aromatic hydroxyl groups is 1. The molecule has 0 saturated carbocycles. The standard InChI is InChI=1S/C28H35N3O5S/c1-4-6-7-25-30-27(32)26(28(33)31(25)24(5-2)21-13-16-36-17-14-21)37(34,35)22-10-8-20(9-11-22)23-12-15-29-18-19(23)3/h8-12,15,18,21,24,33H,4-7,13-14,16-17H2,1-3H3/t24-/m0/s1. The molecule has 0 amide bonds. The van der Waals surface area contributed by atoms with Crippen molar-refractivity contribution in [3.63, 3.8) is 0 Å². The van der Waals surface area contributed by atoms with Gasteiger partial charge in [-0.3, -0.25) is 14.3 Å². The average molecular weight is 526 g/mol. The number of benzene rings is 1. The second-order valence-electron chi connectivity index (χ2n) is 9.60. The van der Waals surface area contributed by atoms with Gasteiger partial charge in [-0.05, 0) is 73.4 Å². The number of hydrogen-bond acceptors (Lipinski definition) is 7. The molecule has 1 aliphatic rings. The minimum absolute atomic E-state index is 0.0656. The van der Waals surface area contributed by atoms with E-state index in [-0.39, 0.29) is 16.9 Å². The van der Waals surface area contributed by atoms with Crippen LogP contribution in [0.5, 0.6) is 5.88 Å². The molecule has 3 aromatic rings. The molecule has 0 bridgehead atoms. The summed E-state index contributed by atoms with van der Waals surface area (Å²) in [4.78, 5) is 20.7. The second-order valence-corrected chi connectivity index (χ2v) is 11.5. The van der Waals surface area contributed by atoms with Gasteiger partial charge >= 0.3 is 0 Å². The first-order valence-electron chi connectivity index (χ1n) is 13.0. The summed E-state index contributed by atoms with van der Waals surface area (Å²) in [7, 11) is -4.32. The van der Waals surface area contributed by atoms with Gasteiger partial charge in [-0.2, -0.15) is 4.98 Å². The summed E-state index contributed by atoms with van der Waals surface area (Å²) in [5.41, 5.74) is 1.81. The van der Waals surface area contributed by atoms with Crippen LogP contribution in [-0.4, -0.2) is 41.3 Å². The predicted octanol–water partition coefficient (Wildman–Crippen LogP) is 4.87. The third-order valence-corrected chi connectivity index (χ3v) is 9.00. The van der Waals surface area contributed by atoms with E-state index in [1.165, 1.54) is 12.1 Å². The first kappa shape index (κ1) is 27.0. The smallest absolute Gasteiger partial charge is 0.296 e. The SMILES string of the molecule is CCCCc1nc(=O)c(S(=O)(=O)c2ccc(-c3ccncc3C)cc2)c(O)n1[C@@H](CC)C1CCOCC1. The van der Waals surface area contributed by atoms with Crippen LogP contribution in [0.1, 0.15) is 63.4 Å². The van der Waals surface area contributed by atoms with E-state index >= 15 is 0 Å². The average Bonchev–Trinajstić information content (AvgIpc) is 2.90. The van der Waals surface area contributed by atoms with E-state index < -0.39 is 26.2 Å². The van der Waals surface area contributed by atoms with Crippen molar-refractivity contribution in [2.45, 2.75) is 75.1 Å². The molecule has 1 aliphatic heterocycles. The fourth-order valence-electron chi connectivity index (χ4n) is 5.20. The van der Waals surface area contributed by atoms with Gasteiger partial charge in [-0.1, -0.05) is 32.4 Å². The van der Waals surface area contributed by atoms with E-state index in [2.05, 4.69) is 9.97 Å². The van der Waals surface area contributed by atoms with Crippen molar-refractivity contribution in [2.75, 3.05) is 13.2 Å². The molecule has 4 rings (SSSR count). The summed E-state index contributed by atoms with van der Waals surface area (Å²) in [6.07, 6.45) is 7.84. The quantitative estimate of drug-likeness (QED) is 0.424. The van der Waals surface area contributed by atoms with Crippen molar-refractivity contribution in [3.8, 4) is 17.0 Å². The summed E-state index contributed by atoms with van der Waals surface area (Å²) < 4.78 is 34.6. The van der Waals surface area contributed by atoms with Crippen LogP contribution < -0.4 is 5.56 Å². The van der Waals surface area contributed by atoms with Gasteiger partial charge in [0.25, 0.3) is 5.56 Å². The Morgan fingerprint density at radius 2 is 1.84 bits per heavy atom. The molecule has 37 heavy (non-hydrogen) atoms. The first-order chi connectivity index (χ1) is 17.8. The number of aromatic nitrogens is 3. The Labute approximate surface area is 218 Å². The van der Waals surface area contributed by atoms with Crippen LogP contribution in [0.2, 0.25) is 0 Å². The zero-order valence-corrected chi connectivity index (χ0v) is 22.5. The number of unbranched alkanes of at least 4 members (excludes halogenated alkanes) is 1. The Balaban J connectivity index is 1.81. The van der Waals surface area contributed by atoms with Crippen molar-refractivity contribution in [1.82, 2.24) is 14.5 Å². The van der Waals surface area contributed by atoms with Gasteiger partial charge in [0.1, 0.15) is 5.82 Å². The van der Waals surface area contributed by atoms with Crippen molar-refractivity contribution in [2.24, 2.45) is 5.92 Å². The van der Waals surface area contributed by atoms with Gasteiger partial charge in [0.2, 0.25) is 15.7 Å². The molecular formula is C28H35N3O5S. The molecule has 1 aromatic carbocycles. The predicted molar refractivity (Wildman–Crippen MR) is 142 cm³/mol. The van der Waals surface area contributed by atoms with Crippen LogP contribution in [0.4, 0.5) is 0 Å². The van der Waals surface area contributed by atoms with E-state index in [1.807, 2.05) is 26.8 Å². The number of ether oxygens (including phenoxy) is 1. The van der Waals surface area contributed by atoms with E-state index in [1.54, 1.807) is 29.1 Å². The Morgan fingerprint density at radius 3 is 2.46 bits per heavy atom. The fraction of sp³-hybridized carbons (Fsp3) is 0.464.